The maximum absolute atomic E-state index is 8.95. The molecule has 0 heterocycles. The third-order valence-corrected chi connectivity index (χ3v) is 2.00. The molecule has 0 bridgehead atoms. The summed E-state index contributed by atoms with van der Waals surface area (Å²) in [7, 11) is 0. The molecule has 1 aliphatic rings. The summed E-state index contributed by atoms with van der Waals surface area (Å²) in [5.74, 6) is 0.435. The molecule has 0 aromatic carbocycles. The van der Waals surface area contributed by atoms with Crippen molar-refractivity contribution in [1.29, 1.82) is 0 Å². The topological polar surface area (TPSA) is 46.2 Å². The van der Waals surface area contributed by atoms with Gasteiger partial charge in [0.05, 0.1) is 5.76 Å². The van der Waals surface area contributed by atoms with Gasteiger partial charge >= 0.3 is 0 Å². The molecule has 2 atom stereocenters. The van der Waals surface area contributed by atoms with Crippen molar-refractivity contribution in [2.75, 3.05) is 0 Å². The van der Waals surface area contributed by atoms with Crippen molar-refractivity contribution < 1.29 is 5.11 Å². The maximum Gasteiger partial charge on any atom is 0.0897 e. The van der Waals surface area contributed by atoms with Gasteiger partial charge in [0.15, 0.2) is 0 Å². The van der Waals surface area contributed by atoms with Gasteiger partial charge in [0.2, 0.25) is 0 Å². The summed E-state index contributed by atoms with van der Waals surface area (Å²) in [6, 6.07) is 0.155. The average Bonchev–Trinajstić information content (AvgIpc) is 2.13. The Balaban J connectivity index is 2.49. The van der Waals surface area contributed by atoms with Crippen molar-refractivity contribution in [3.8, 4) is 0 Å². The fourth-order valence-corrected chi connectivity index (χ4v) is 1.40. The summed E-state index contributed by atoms with van der Waals surface area (Å²) in [5.41, 5.74) is 5.66. The lowest BCUT2D eigenvalue weighted by atomic mass is 10.0. The first kappa shape index (κ1) is 6.62. The molecule has 2 unspecified atom stereocenters. The van der Waals surface area contributed by atoms with Crippen molar-refractivity contribution >= 4 is 0 Å². The molecule has 0 amide bonds. The second-order valence-corrected chi connectivity index (χ2v) is 2.69. The molecular formula is C7H13NO. The van der Waals surface area contributed by atoms with E-state index in [1.54, 1.807) is 0 Å². The first-order valence-electron chi connectivity index (χ1n) is 3.35. The third kappa shape index (κ3) is 1.24. The van der Waals surface area contributed by atoms with Gasteiger partial charge in [0.1, 0.15) is 0 Å². The first-order chi connectivity index (χ1) is 4.22. The summed E-state index contributed by atoms with van der Waals surface area (Å²) in [5, 5.41) is 8.95. The SMILES string of the molecule is C=C(O)C1CCCC1N. The Hall–Kier alpha value is -0.500. The largest absolute Gasteiger partial charge is 0.513 e. The third-order valence-electron chi connectivity index (χ3n) is 2.00. The Labute approximate surface area is 55.4 Å². The molecule has 9 heavy (non-hydrogen) atoms. The molecule has 0 aliphatic heterocycles. The minimum absolute atomic E-state index is 0.155. The fraction of sp³-hybridized carbons (Fsp3) is 0.714. The number of aliphatic hydroxyl groups excluding tert-OH is 1. The van der Waals surface area contributed by atoms with Crippen LogP contribution in [0.2, 0.25) is 0 Å². The Morgan fingerprint density at radius 2 is 2.22 bits per heavy atom. The summed E-state index contributed by atoms with van der Waals surface area (Å²) in [4.78, 5) is 0. The number of rotatable bonds is 1. The van der Waals surface area contributed by atoms with E-state index in [4.69, 9.17) is 10.8 Å². The van der Waals surface area contributed by atoms with Crippen LogP contribution in [0.3, 0.4) is 0 Å². The Morgan fingerprint density at radius 1 is 1.56 bits per heavy atom. The summed E-state index contributed by atoms with van der Waals surface area (Å²) < 4.78 is 0. The van der Waals surface area contributed by atoms with Gasteiger partial charge in [-0.1, -0.05) is 13.0 Å². The molecule has 2 nitrogen and oxygen atoms in total. The summed E-state index contributed by atoms with van der Waals surface area (Å²) in [6.45, 7) is 3.46. The first-order valence-corrected chi connectivity index (χ1v) is 3.35. The normalized spacial score (nSPS) is 34.8. The standard InChI is InChI=1S/C7H13NO/c1-5(9)6-3-2-4-7(6)8/h6-7,9H,1-4,8H2. The highest BCUT2D eigenvalue weighted by molar-refractivity contribution is 4.97. The number of hydrogen-bond donors (Lipinski definition) is 2. The van der Waals surface area contributed by atoms with Gasteiger partial charge in [-0.3, -0.25) is 0 Å². The van der Waals surface area contributed by atoms with Crippen LogP contribution in [0.25, 0.3) is 0 Å². The van der Waals surface area contributed by atoms with Gasteiger partial charge in [-0.15, -0.1) is 0 Å². The van der Waals surface area contributed by atoms with Crippen LogP contribution in [0.5, 0.6) is 0 Å². The molecule has 0 saturated heterocycles. The van der Waals surface area contributed by atoms with E-state index < -0.39 is 0 Å². The predicted molar refractivity (Wildman–Crippen MR) is 37.1 cm³/mol. The highest BCUT2D eigenvalue weighted by Gasteiger charge is 2.25. The van der Waals surface area contributed by atoms with Gasteiger partial charge < -0.3 is 10.8 Å². The smallest absolute Gasteiger partial charge is 0.0897 e. The van der Waals surface area contributed by atoms with Gasteiger partial charge in [0.25, 0.3) is 0 Å². The molecule has 0 aromatic heterocycles. The van der Waals surface area contributed by atoms with Crippen LogP contribution in [0.1, 0.15) is 19.3 Å². The lowest BCUT2D eigenvalue weighted by molar-refractivity contribution is 0.319. The van der Waals surface area contributed by atoms with Crippen molar-refractivity contribution in [3.05, 3.63) is 12.3 Å². The van der Waals surface area contributed by atoms with E-state index in [2.05, 4.69) is 6.58 Å². The lowest BCUT2D eigenvalue weighted by Gasteiger charge is -2.12. The highest BCUT2D eigenvalue weighted by Crippen LogP contribution is 2.27. The average molecular weight is 127 g/mol. The van der Waals surface area contributed by atoms with Crippen molar-refractivity contribution in [2.24, 2.45) is 11.7 Å². The molecule has 1 aliphatic carbocycles. The fourth-order valence-electron chi connectivity index (χ4n) is 1.40. The van der Waals surface area contributed by atoms with Crippen LogP contribution in [0.4, 0.5) is 0 Å². The zero-order valence-electron chi connectivity index (χ0n) is 5.51. The van der Waals surface area contributed by atoms with Gasteiger partial charge in [-0.2, -0.15) is 0 Å². The van der Waals surface area contributed by atoms with E-state index in [0.717, 1.165) is 19.3 Å². The molecule has 1 fully saturated rings. The predicted octanol–water partition coefficient (Wildman–Crippen LogP) is 1.19. The minimum atomic E-state index is 0.155. The van der Waals surface area contributed by atoms with E-state index in [9.17, 15) is 0 Å². The van der Waals surface area contributed by atoms with Crippen molar-refractivity contribution in [2.45, 2.75) is 25.3 Å². The van der Waals surface area contributed by atoms with Gasteiger partial charge in [-0.25, -0.2) is 0 Å². The number of aliphatic hydroxyl groups is 1. The van der Waals surface area contributed by atoms with E-state index in [0.29, 0.717) is 0 Å². The Kier molecular flexibility index (Phi) is 1.76. The van der Waals surface area contributed by atoms with E-state index in [-0.39, 0.29) is 17.7 Å². The summed E-state index contributed by atoms with van der Waals surface area (Å²) in [6.07, 6.45) is 3.17. The molecular weight excluding hydrogens is 114 g/mol. The molecule has 0 spiro atoms. The van der Waals surface area contributed by atoms with Crippen molar-refractivity contribution in [1.82, 2.24) is 0 Å². The zero-order valence-corrected chi connectivity index (χ0v) is 5.51. The lowest BCUT2D eigenvalue weighted by Crippen LogP contribution is -2.25. The highest BCUT2D eigenvalue weighted by atomic mass is 16.3. The van der Waals surface area contributed by atoms with E-state index in [1.165, 1.54) is 0 Å². The molecule has 1 saturated carbocycles. The quantitative estimate of drug-likeness (QED) is 0.520. The molecule has 2 heteroatoms. The van der Waals surface area contributed by atoms with Crippen LogP contribution in [-0.4, -0.2) is 11.1 Å². The molecule has 3 N–H and O–H groups in total. The molecule has 0 aromatic rings. The van der Waals surface area contributed by atoms with E-state index in [1.807, 2.05) is 0 Å². The maximum atomic E-state index is 8.95. The molecule has 52 valence electrons. The monoisotopic (exact) mass is 127 g/mol. The minimum Gasteiger partial charge on any atom is -0.513 e. The Morgan fingerprint density at radius 3 is 2.44 bits per heavy atom. The zero-order chi connectivity index (χ0) is 6.85. The molecule has 0 radical (unpaired) electrons. The van der Waals surface area contributed by atoms with Gasteiger partial charge in [-0.05, 0) is 12.8 Å². The van der Waals surface area contributed by atoms with Crippen LogP contribution >= 0.6 is 0 Å². The second-order valence-electron chi connectivity index (χ2n) is 2.69. The van der Waals surface area contributed by atoms with Crippen molar-refractivity contribution in [3.63, 3.8) is 0 Å². The van der Waals surface area contributed by atoms with Gasteiger partial charge in [0, 0.05) is 12.0 Å². The number of hydrogen-bond acceptors (Lipinski definition) is 2. The molecule has 1 rings (SSSR count). The van der Waals surface area contributed by atoms with Crippen LogP contribution < -0.4 is 5.73 Å². The van der Waals surface area contributed by atoms with Crippen LogP contribution in [0, 0.1) is 5.92 Å². The van der Waals surface area contributed by atoms with Crippen LogP contribution in [0.15, 0.2) is 12.3 Å². The van der Waals surface area contributed by atoms with E-state index >= 15 is 0 Å². The second kappa shape index (κ2) is 2.40. The Bertz CT molecular complexity index is 122. The van der Waals surface area contributed by atoms with Crippen LogP contribution in [-0.2, 0) is 0 Å². The summed E-state index contributed by atoms with van der Waals surface area (Å²) >= 11 is 0. The number of nitrogens with two attached hydrogens (primary N) is 1.